The molecule has 0 aromatic rings. The highest BCUT2D eigenvalue weighted by Gasteiger charge is 2.38. The second-order valence-corrected chi connectivity index (χ2v) is 9.87. The Labute approximate surface area is 105 Å². The summed E-state index contributed by atoms with van der Waals surface area (Å²) in [6.07, 6.45) is 13.5. The molecule has 0 nitrogen and oxygen atoms in total. The van der Waals surface area contributed by atoms with Crippen molar-refractivity contribution >= 4 is 29.6 Å². The molecule has 0 aromatic carbocycles. The molecule has 3 heteroatoms. The Kier molecular flexibility index (Phi) is 6.33. The van der Waals surface area contributed by atoms with E-state index in [1.807, 2.05) is 6.08 Å². The van der Waals surface area contributed by atoms with Crippen LogP contribution >= 0.6 is 22.2 Å². The van der Waals surface area contributed by atoms with E-state index in [1.165, 1.54) is 51.4 Å². The van der Waals surface area contributed by atoms with Gasteiger partial charge in [-0.25, -0.2) is 0 Å². The van der Waals surface area contributed by atoms with Gasteiger partial charge >= 0.3 is 0 Å². The fourth-order valence-electron chi connectivity index (χ4n) is 2.60. The van der Waals surface area contributed by atoms with E-state index in [0.717, 1.165) is 6.42 Å². The van der Waals surface area contributed by atoms with Gasteiger partial charge in [0, 0.05) is 0 Å². The van der Waals surface area contributed by atoms with Gasteiger partial charge in [-0.1, -0.05) is 31.8 Å². The number of rotatable bonds is 6. The number of halogens is 2. The average molecular weight is 265 g/mol. The van der Waals surface area contributed by atoms with Crippen LogP contribution in [0.2, 0.25) is 5.04 Å². The summed E-state index contributed by atoms with van der Waals surface area (Å²) in [6.45, 7) is 3.75. The maximum Gasteiger partial charge on any atom is 0.243 e. The van der Waals surface area contributed by atoms with Crippen molar-refractivity contribution in [3.8, 4) is 0 Å². The van der Waals surface area contributed by atoms with Gasteiger partial charge in [-0.15, -0.1) is 28.7 Å². The lowest BCUT2D eigenvalue weighted by Gasteiger charge is -2.37. The Hall–Kier alpha value is 0.537. The van der Waals surface area contributed by atoms with Crippen LogP contribution in [-0.4, -0.2) is 7.42 Å². The van der Waals surface area contributed by atoms with Gasteiger partial charge in [-0.2, -0.15) is 0 Å². The molecular weight excluding hydrogens is 243 g/mol. The van der Waals surface area contributed by atoms with Crippen molar-refractivity contribution in [2.45, 2.75) is 62.8 Å². The Morgan fingerprint density at radius 2 is 1.80 bits per heavy atom. The van der Waals surface area contributed by atoms with Gasteiger partial charge < -0.3 is 0 Å². The summed E-state index contributed by atoms with van der Waals surface area (Å²) in [7, 11) is -1.52. The van der Waals surface area contributed by atoms with Crippen LogP contribution in [0.5, 0.6) is 0 Å². The topological polar surface area (TPSA) is 0 Å². The van der Waals surface area contributed by atoms with Crippen LogP contribution in [0.1, 0.15) is 57.8 Å². The minimum Gasteiger partial charge on any atom is -0.150 e. The third-order valence-electron chi connectivity index (χ3n) is 3.65. The van der Waals surface area contributed by atoms with Gasteiger partial charge in [0.15, 0.2) is 0 Å². The highest BCUT2D eigenvalue weighted by Crippen LogP contribution is 2.51. The maximum absolute atomic E-state index is 6.31. The molecule has 1 saturated carbocycles. The summed E-state index contributed by atoms with van der Waals surface area (Å²) in [4.78, 5) is 0. The van der Waals surface area contributed by atoms with Crippen molar-refractivity contribution in [3.63, 3.8) is 0 Å². The van der Waals surface area contributed by atoms with E-state index >= 15 is 0 Å². The molecule has 0 spiro atoms. The number of allylic oxidation sites excluding steroid dienone is 1. The van der Waals surface area contributed by atoms with Crippen LogP contribution in [0.4, 0.5) is 0 Å². The molecule has 0 atom stereocenters. The minimum absolute atomic E-state index is 0.364. The average Bonchev–Trinajstić information content (AvgIpc) is 2.26. The molecule has 1 aliphatic carbocycles. The van der Waals surface area contributed by atoms with Crippen molar-refractivity contribution < 1.29 is 0 Å². The molecule has 0 heterocycles. The molecule has 0 aromatic heterocycles. The second kappa shape index (κ2) is 6.98. The van der Waals surface area contributed by atoms with E-state index in [-0.39, 0.29) is 0 Å². The lowest BCUT2D eigenvalue weighted by atomic mass is 9.84. The lowest BCUT2D eigenvalue weighted by Crippen LogP contribution is -2.27. The smallest absolute Gasteiger partial charge is 0.150 e. The predicted octanol–water partition coefficient (Wildman–Crippen LogP) is 5.14. The molecule has 0 N–H and O–H groups in total. The molecule has 1 fully saturated rings. The zero-order chi connectivity index (χ0) is 11.1. The van der Waals surface area contributed by atoms with Crippen LogP contribution in [0.3, 0.4) is 0 Å². The van der Waals surface area contributed by atoms with Gasteiger partial charge in [-0.05, 0) is 37.1 Å². The van der Waals surface area contributed by atoms with Crippen molar-refractivity contribution in [3.05, 3.63) is 12.7 Å². The van der Waals surface area contributed by atoms with E-state index in [0.29, 0.717) is 5.04 Å². The molecule has 0 saturated heterocycles. The molecule has 15 heavy (non-hydrogen) atoms. The molecule has 0 radical (unpaired) electrons. The Balaban J connectivity index is 2.38. The standard InChI is InChI=1S/C12H22Cl2Si/c1-2-3-4-6-9-12(15(13)14)10-7-5-8-11-12/h2,15H,1,3-11H2. The van der Waals surface area contributed by atoms with Crippen LogP contribution in [0, 0.1) is 0 Å². The molecule has 0 bridgehead atoms. The van der Waals surface area contributed by atoms with Crippen molar-refractivity contribution in [2.24, 2.45) is 0 Å². The van der Waals surface area contributed by atoms with Gasteiger partial charge in [-0.3, -0.25) is 0 Å². The zero-order valence-electron chi connectivity index (χ0n) is 9.48. The van der Waals surface area contributed by atoms with Crippen molar-refractivity contribution in [2.75, 3.05) is 0 Å². The Bertz CT molecular complexity index is 186. The summed E-state index contributed by atoms with van der Waals surface area (Å²) in [6, 6.07) is 0. The number of hydrogen-bond acceptors (Lipinski definition) is 0. The van der Waals surface area contributed by atoms with E-state index in [9.17, 15) is 0 Å². The monoisotopic (exact) mass is 264 g/mol. The lowest BCUT2D eigenvalue weighted by molar-refractivity contribution is 0.346. The first kappa shape index (κ1) is 13.6. The van der Waals surface area contributed by atoms with Crippen LogP contribution in [-0.2, 0) is 0 Å². The van der Waals surface area contributed by atoms with E-state index in [4.69, 9.17) is 22.2 Å². The largest absolute Gasteiger partial charge is 0.243 e. The molecule has 1 aliphatic rings. The molecule has 0 amide bonds. The van der Waals surface area contributed by atoms with Gasteiger partial charge in [0.25, 0.3) is 0 Å². The van der Waals surface area contributed by atoms with Crippen LogP contribution < -0.4 is 0 Å². The fourth-order valence-corrected chi connectivity index (χ4v) is 5.83. The van der Waals surface area contributed by atoms with Gasteiger partial charge in [0.2, 0.25) is 7.42 Å². The van der Waals surface area contributed by atoms with E-state index in [1.54, 1.807) is 0 Å². The molecule has 0 aliphatic heterocycles. The summed E-state index contributed by atoms with van der Waals surface area (Å²) in [5, 5.41) is 0.364. The van der Waals surface area contributed by atoms with Gasteiger partial charge in [0.1, 0.15) is 0 Å². The third-order valence-corrected chi connectivity index (χ3v) is 8.21. The quantitative estimate of drug-likeness (QED) is 0.270. The van der Waals surface area contributed by atoms with Gasteiger partial charge in [0.05, 0.1) is 0 Å². The Morgan fingerprint density at radius 3 is 2.33 bits per heavy atom. The first-order chi connectivity index (χ1) is 7.21. The highest BCUT2D eigenvalue weighted by molar-refractivity contribution is 7.35. The van der Waals surface area contributed by atoms with E-state index in [2.05, 4.69) is 6.58 Å². The molecule has 1 rings (SSSR count). The highest BCUT2D eigenvalue weighted by atomic mass is 35.7. The third kappa shape index (κ3) is 4.12. The summed E-state index contributed by atoms with van der Waals surface area (Å²) < 4.78 is 0. The van der Waals surface area contributed by atoms with Crippen molar-refractivity contribution in [1.29, 1.82) is 0 Å². The molecule has 88 valence electrons. The SMILES string of the molecule is C=CCCCCC1([SiH](Cl)Cl)CCCCC1. The Morgan fingerprint density at radius 1 is 1.13 bits per heavy atom. The maximum atomic E-state index is 6.31. The number of hydrogen-bond donors (Lipinski definition) is 0. The summed E-state index contributed by atoms with van der Waals surface area (Å²) in [5.41, 5.74) is 0. The minimum atomic E-state index is -1.52. The normalized spacial score (nSPS) is 20.5. The summed E-state index contributed by atoms with van der Waals surface area (Å²) in [5.74, 6) is 0. The zero-order valence-corrected chi connectivity index (χ0v) is 12.1. The van der Waals surface area contributed by atoms with E-state index < -0.39 is 7.42 Å². The van der Waals surface area contributed by atoms with Crippen LogP contribution in [0.15, 0.2) is 12.7 Å². The van der Waals surface area contributed by atoms with Crippen molar-refractivity contribution in [1.82, 2.24) is 0 Å². The van der Waals surface area contributed by atoms with Crippen LogP contribution in [0.25, 0.3) is 0 Å². The molecular formula is C12H22Cl2Si. The first-order valence-corrected chi connectivity index (χ1v) is 10.2. The molecule has 0 unspecified atom stereocenters. The fraction of sp³-hybridized carbons (Fsp3) is 0.833. The second-order valence-electron chi connectivity index (χ2n) is 4.76. The first-order valence-electron chi connectivity index (χ1n) is 6.10. The predicted molar refractivity (Wildman–Crippen MR) is 73.3 cm³/mol. The summed E-state index contributed by atoms with van der Waals surface area (Å²) >= 11 is 12.6. The number of unbranched alkanes of at least 4 members (excludes halogenated alkanes) is 2.